The largest absolute Gasteiger partial charge is 0.511 e. The van der Waals surface area contributed by atoms with Crippen LogP contribution in [0.15, 0.2) is 119 Å². The van der Waals surface area contributed by atoms with E-state index in [0.29, 0.717) is 25.0 Å². The summed E-state index contributed by atoms with van der Waals surface area (Å²) in [6.45, 7) is 14.6. The van der Waals surface area contributed by atoms with E-state index in [1.165, 1.54) is 12.7 Å². The minimum atomic E-state index is -0.231. The third kappa shape index (κ3) is 4.17. The van der Waals surface area contributed by atoms with Gasteiger partial charge in [-0.1, -0.05) is 26.5 Å². The maximum absolute atomic E-state index is 12.2. The van der Waals surface area contributed by atoms with Gasteiger partial charge >= 0.3 is 5.97 Å². The molecule has 7 heteroatoms. The number of aliphatic imine (C=N–C) groups is 3. The Morgan fingerprint density at radius 2 is 1.83 bits per heavy atom. The Bertz CT molecular complexity index is 1680. The van der Waals surface area contributed by atoms with Crippen molar-refractivity contribution in [3.8, 4) is 0 Å². The van der Waals surface area contributed by atoms with Gasteiger partial charge in [-0.3, -0.25) is 4.79 Å². The number of ether oxygens (including phenoxy) is 1. The fraction of sp³-hybridized carbons (Fsp3) is 0.353. The van der Waals surface area contributed by atoms with Crippen LogP contribution in [0.1, 0.15) is 60.3 Å². The molecule has 0 amide bonds. The average molecular weight is 549 g/mol. The van der Waals surface area contributed by atoms with Crippen molar-refractivity contribution < 1.29 is 14.6 Å². The lowest BCUT2D eigenvalue weighted by Gasteiger charge is -2.17. The number of aliphatic hydroxyl groups is 1. The summed E-state index contributed by atoms with van der Waals surface area (Å²) in [5, 5.41) is 14.9. The monoisotopic (exact) mass is 548 g/mol. The molecule has 6 aliphatic rings. The summed E-state index contributed by atoms with van der Waals surface area (Å²) in [7, 11) is 1.42. The van der Waals surface area contributed by atoms with Gasteiger partial charge in [0.05, 0.1) is 41.3 Å². The number of carbonyl (C=O) groups excluding carboxylic acids is 1. The highest BCUT2D eigenvalue weighted by Crippen LogP contribution is 2.46. The Hall–Kier alpha value is -4.26. The molecule has 210 valence electrons. The predicted molar refractivity (Wildman–Crippen MR) is 163 cm³/mol. The van der Waals surface area contributed by atoms with Crippen LogP contribution in [0.25, 0.3) is 0 Å². The lowest BCUT2D eigenvalue weighted by molar-refractivity contribution is -0.140. The van der Waals surface area contributed by atoms with Crippen molar-refractivity contribution in [3.63, 3.8) is 0 Å². The molecule has 0 saturated carbocycles. The van der Waals surface area contributed by atoms with Crippen LogP contribution in [-0.2, 0) is 9.53 Å². The molecule has 0 aromatic carbocycles. The van der Waals surface area contributed by atoms with Crippen LogP contribution >= 0.6 is 0 Å². The first-order valence-corrected chi connectivity index (χ1v) is 14.3. The second kappa shape index (κ2) is 9.98. The first-order valence-electron chi connectivity index (χ1n) is 14.3. The highest BCUT2D eigenvalue weighted by Gasteiger charge is 2.41. The van der Waals surface area contributed by atoms with Crippen molar-refractivity contribution in [1.29, 1.82) is 0 Å². The van der Waals surface area contributed by atoms with Crippen LogP contribution in [0.2, 0.25) is 0 Å². The van der Waals surface area contributed by atoms with Crippen molar-refractivity contribution >= 4 is 23.1 Å². The van der Waals surface area contributed by atoms with Gasteiger partial charge in [-0.25, -0.2) is 15.0 Å². The maximum Gasteiger partial charge on any atom is 0.305 e. The zero-order valence-electron chi connectivity index (χ0n) is 24.6. The Labute approximate surface area is 241 Å². The molecule has 2 unspecified atom stereocenters. The topological polar surface area (TPSA) is 95.6 Å². The maximum atomic E-state index is 12.2. The SMILES string of the molecule is C=CC1=C(C)C2=NC1=CC1=NC(=CC3=C(C)C4=C(O)CC(=C5NC(=C2)C(C)C5CCC(=O)OC)C4=N3)C(CC)=C1C. The van der Waals surface area contributed by atoms with E-state index in [1.54, 1.807) is 0 Å². The summed E-state index contributed by atoms with van der Waals surface area (Å²) in [6.07, 6.45) is 10.3. The fourth-order valence-electron chi connectivity index (χ4n) is 6.76. The number of rotatable bonds is 5. The second-order valence-electron chi connectivity index (χ2n) is 11.3. The van der Waals surface area contributed by atoms with Gasteiger partial charge in [-0.15, -0.1) is 0 Å². The fourth-order valence-corrected chi connectivity index (χ4v) is 6.76. The molecule has 1 fully saturated rings. The molecule has 0 spiro atoms. The molecule has 1 saturated heterocycles. The number of hydrogen-bond donors (Lipinski definition) is 2. The number of carbonyl (C=O) groups is 1. The lowest BCUT2D eigenvalue weighted by atomic mass is 9.86. The number of hydrogen-bond acceptors (Lipinski definition) is 7. The average Bonchev–Trinajstić information content (AvgIpc) is 3.70. The summed E-state index contributed by atoms with van der Waals surface area (Å²) < 4.78 is 4.97. The first-order chi connectivity index (χ1) is 19.7. The van der Waals surface area contributed by atoms with E-state index in [2.05, 4.69) is 51.7 Å². The van der Waals surface area contributed by atoms with E-state index in [1.807, 2.05) is 19.1 Å². The number of aliphatic hydroxyl groups excluding tert-OH is 1. The summed E-state index contributed by atoms with van der Waals surface area (Å²) in [5.74, 6) is 0.223. The van der Waals surface area contributed by atoms with Crippen molar-refractivity contribution in [2.45, 2.75) is 60.3 Å². The molecule has 7 nitrogen and oxygen atoms in total. The molecule has 2 atom stereocenters. The molecule has 5 heterocycles. The number of nitrogens with one attached hydrogen (secondary N) is 1. The molecule has 0 radical (unpaired) electrons. The van der Waals surface area contributed by atoms with Gasteiger partial charge in [0.2, 0.25) is 0 Å². The van der Waals surface area contributed by atoms with Crippen molar-refractivity contribution in [1.82, 2.24) is 5.32 Å². The highest BCUT2D eigenvalue weighted by molar-refractivity contribution is 6.21. The first kappa shape index (κ1) is 26.9. The minimum Gasteiger partial charge on any atom is -0.511 e. The van der Waals surface area contributed by atoms with Crippen LogP contribution in [0.4, 0.5) is 0 Å². The van der Waals surface area contributed by atoms with Gasteiger partial charge in [0.1, 0.15) is 5.76 Å². The Balaban J connectivity index is 1.60. The van der Waals surface area contributed by atoms with Gasteiger partial charge in [-0.05, 0) is 74.1 Å². The zero-order valence-corrected chi connectivity index (χ0v) is 24.6. The number of methoxy groups -OCH3 is 1. The molecule has 0 aromatic heterocycles. The summed E-state index contributed by atoms with van der Waals surface area (Å²) in [5.41, 5.74) is 14.3. The molecule has 5 aliphatic heterocycles. The Kier molecular flexibility index (Phi) is 6.56. The number of allylic oxidation sites excluding steroid dienone is 12. The van der Waals surface area contributed by atoms with E-state index in [-0.39, 0.29) is 17.8 Å². The number of esters is 1. The standard InChI is InChI=1S/C34H36N4O3/c1-8-20-16(3)24-13-26-18(5)22(10-11-31(40)41-7)33(37-26)23-12-30(39)32-19(6)27(38-34(23)32)15-29-21(9-2)17(4)25(36-29)14-28(20)35-24/h8,13-15,18,22,37,39H,1,9-12H2,2-7H3. The minimum absolute atomic E-state index is 0.0302. The molecular weight excluding hydrogens is 512 g/mol. The van der Waals surface area contributed by atoms with Crippen LogP contribution in [0.3, 0.4) is 0 Å². The summed E-state index contributed by atoms with van der Waals surface area (Å²) in [6, 6.07) is 0. The smallest absolute Gasteiger partial charge is 0.305 e. The molecule has 6 rings (SSSR count). The van der Waals surface area contributed by atoms with Gasteiger partial charge in [0.15, 0.2) is 0 Å². The molecule has 41 heavy (non-hydrogen) atoms. The van der Waals surface area contributed by atoms with Gasteiger partial charge in [-0.2, -0.15) is 0 Å². The molecule has 8 bridgehead atoms. The predicted octanol–water partition coefficient (Wildman–Crippen LogP) is 6.80. The number of fused-ring (bicyclic) bond motifs is 5. The second-order valence-corrected chi connectivity index (χ2v) is 11.3. The highest BCUT2D eigenvalue weighted by atomic mass is 16.5. The summed E-state index contributed by atoms with van der Waals surface area (Å²) in [4.78, 5) is 27.4. The van der Waals surface area contributed by atoms with Gasteiger partial charge < -0.3 is 15.2 Å². The van der Waals surface area contributed by atoms with Crippen LogP contribution < -0.4 is 5.32 Å². The third-order valence-electron chi connectivity index (χ3n) is 9.19. The van der Waals surface area contributed by atoms with Crippen LogP contribution in [-0.4, -0.2) is 35.3 Å². The van der Waals surface area contributed by atoms with Crippen LogP contribution in [0.5, 0.6) is 0 Å². The third-order valence-corrected chi connectivity index (χ3v) is 9.19. The summed E-state index contributed by atoms with van der Waals surface area (Å²) >= 11 is 0. The van der Waals surface area contributed by atoms with E-state index in [9.17, 15) is 9.90 Å². The van der Waals surface area contributed by atoms with Gasteiger partial charge in [0.25, 0.3) is 0 Å². The van der Waals surface area contributed by atoms with E-state index in [4.69, 9.17) is 19.7 Å². The molecule has 2 N–H and O–H groups in total. The van der Waals surface area contributed by atoms with Crippen LogP contribution in [0, 0.1) is 11.8 Å². The normalized spacial score (nSPS) is 24.9. The Morgan fingerprint density at radius 1 is 1.10 bits per heavy atom. The lowest BCUT2D eigenvalue weighted by Crippen LogP contribution is -2.16. The molecular formula is C34H36N4O3. The van der Waals surface area contributed by atoms with Crippen molar-refractivity contribution in [2.75, 3.05) is 7.11 Å². The van der Waals surface area contributed by atoms with E-state index < -0.39 is 0 Å². The van der Waals surface area contributed by atoms with Crippen molar-refractivity contribution in [2.24, 2.45) is 26.8 Å². The van der Waals surface area contributed by atoms with Crippen molar-refractivity contribution in [3.05, 3.63) is 104 Å². The van der Waals surface area contributed by atoms with E-state index >= 15 is 0 Å². The molecule has 1 aliphatic carbocycles. The number of nitrogens with zero attached hydrogens (tertiary/aromatic N) is 3. The Morgan fingerprint density at radius 3 is 2.54 bits per heavy atom. The van der Waals surface area contributed by atoms with E-state index in [0.717, 1.165) is 85.5 Å². The van der Waals surface area contributed by atoms with Gasteiger partial charge in [0, 0.05) is 52.8 Å². The zero-order chi connectivity index (χ0) is 29.2. The molecule has 0 aromatic rings. The quantitative estimate of drug-likeness (QED) is 0.370.